The summed E-state index contributed by atoms with van der Waals surface area (Å²) in [5, 5.41) is 0. The van der Waals surface area contributed by atoms with E-state index in [1.165, 1.54) is 19.4 Å². The predicted octanol–water partition coefficient (Wildman–Crippen LogP) is 2.47. The van der Waals surface area contributed by atoms with Crippen molar-refractivity contribution in [3.63, 3.8) is 0 Å². The highest BCUT2D eigenvalue weighted by Gasteiger charge is 2.30. The molecule has 0 fully saturated rings. The van der Waals surface area contributed by atoms with Crippen molar-refractivity contribution in [2.75, 3.05) is 6.61 Å². The lowest BCUT2D eigenvalue weighted by atomic mass is 10.1. The molecule has 1 aliphatic rings. The number of hydrogen-bond acceptors (Lipinski definition) is 5. The van der Waals surface area contributed by atoms with E-state index in [1.54, 1.807) is 12.2 Å². The second-order valence-electron chi connectivity index (χ2n) is 5.94. The van der Waals surface area contributed by atoms with Crippen molar-refractivity contribution >= 4 is 11.9 Å². The molecular formula is C20H22O5. The Labute approximate surface area is 148 Å². The fourth-order valence-electron chi connectivity index (χ4n) is 2.47. The van der Waals surface area contributed by atoms with Gasteiger partial charge in [0.05, 0.1) is 0 Å². The maximum absolute atomic E-state index is 11.2. The lowest BCUT2D eigenvalue weighted by Crippen LogP contribution is -2.41. The first kappa shape index (κ1) is 18.8. The number of carbonyl (C=O) groups excluding carboxylic acids is 2. The van der Waals surface area contributed by atoms with Crippen LogP contribution in [0.2, 0.25) is 0 Å². The van der Waals surface area contributed by atoms with Crippen molar-refractivity contribution in [2.45, 2.75) is 46.0 Å². The molecule has 0 bridgehead atoms. The monoisotopic (exact) mass is 342 g/mol. The minimum atomic E-state index is -0.601. The quantitative estimate of drug-likeness (QED) is 0.480. The summed E-state index contributed by atoms with van der Waals surface area (Å²) in [6.07, 6.45) is 1.81. The van der Waals surface area contributed by atoms with Gasteiger partial charge in [0, 0.05) is 19.4 Å². The third-order valence-electron chi connectivity index (χ3n) is 3.65. The number of carbonyl (C=O) groups is 2. The smallest absolute Gasteiger partial charge is 0.303 e. The first-order valence-corrected chi connectivity index (χ1v) is 8.08. The van der Waals surface area contributed by atoms with Gasteiger partial charge in [-0.3, -0.25) is 9.59 Å². The summed E-state index contributed by atoms with van der Waals surface area (Å²) in [4.78, 5) is 22.2. The van der Waals surface area contributed by atoms with Gasteiger partial charge in [-0.2, -0.15) is 0 Å². The van der Waals surface area contributed by atoms with Crippen LogP contribution in [0.3, 0.4) is 0 Å². The summed E-state index contributed by atoms with van der Waals surface area (Å²) in [6, 6.07) is 6.05. The third-order valence-corrected chi connectivity index (χ3v) is 3.65. The summed E-state index contributed by atoms with van der Waals surface area (Å²) < 4.78 is 16.0. The Kier molecular flexibility index (Phi) is 6.37. The Morgan fingerprint density at radius 2 is 1.92 bits per heavy atom. The average Bonchev–Trinajstić information content (AvgIpc) is 2.53. The van der Waals surface area contributed by atoms with Crippen LogP contribution in [-0.4, -0.2) is 36.9 Å². The first-order chi connectivity index (χ1) is 11.8. The van der Waals surface area contributed by atoms with Crippen molar-refractivity contribution in [1.82, 2.24) is 0 Å². The SMILES string of the molecule is CC(=O)OC[C@H]1O[C@H](C#Cc2ccc(C)cc2C)C=C[C@H]1OC(C)=O. The van der Waals surface area contributed by atoms with Crippen molar-refractivity contribution in [1.29, 1.82) is 0 Å². The molecule has 2 rings (SSSR count). The molecule has 3 atom stereocenters. The Balaban J connectivity index is 2.13. The third kappa shape index (κ3) is 5.77. The van der Waals surface area contributed by atoms with E-state index < -0.39 is 30.3 Å². The van der Waals surface area contributed by atoms with Gasteiger partial charge in [0.2, 0.25) is 0 Å². The van der Waals surface area contributed by atoms with E-state index >= 15 is 0 Å². The van der Waals surface area contributed by atoms with Gasteiger partial charge in [0.1, 0.15) is 24.9 Å². The molecule has 5 nitrogen and oxygen atoms in total. The highest BCUT2D eigenvalue weighted by molar-refractivity contribution is 5.67. The van der Waals surface area contributed by atoms with Crippen LogP contribution in [0.4, 0.5) is 0 Å². The molecule has 1 aromatic rings. The van der Waals surface area contributed by atoms with Gasteiger partial charge in [-0.15, -0.1) is 0 Å². The van der Waals surface area contributed by atoms with Crippen LogP contribution in [-0.2, 0) is 23.8 Å². The highest BCUT2D eigenvalue weighted by atomic mass is 16.6. The van der Waals surface area contributed by atoms with Gasteiger partial charge >= 0.3 is 11.9 Å². The van der Waals surface area contributed by atoms with Gasteiger partial charge in [-0.1, -0.05) is 29.5 Å². The molecule has 1 heterocycles. The van der Waals surface area contributed by atoms with E-state index in [9.17, 15) is 9.59 Å². The van der Waals surface area contributed by atoms with Crippen LogP contribution >= 0.6 is 0 Å². The second kappa shape index (κ2) is 8.50. The zero-order chi connectivity index (χ0) is 18.4. The molecule has 0 saturated carbocycles. The number of aryl methyl sites for hydroxylation is 2. The van der Waals surface area contributed by atoms with E-state index in [1.807, 2.05) is 26.0 Å². The van der Waals surface area contributed by atoms with Gasteiger partial charge in [0.15, 0.2) is 0 Å². The maximum atomic E-state index is 11.2. The number of hydrogen-bond donors (Lipinski definition) is 0. The van der Waals surface area contributed by atoms with E-state index in [-0.39, 0.29) is 6.61 Å². The fourth-order valence-corrected chi connectivity index (χ4v) is 2.47. The van der Waals surface area contributed by atoms with E-state index in [0.29, 0.717) is 0 Å². The van der Waals surface area contributed by atoms with E-state index in [0.717, 1.165) is 11.1 Å². The molecule has 132 valence electrons. The molecule has 25 heavy (non-hydrogen) atoms. The normalized spacial score (nSPS) is 21.8. The first-order valence-electron chi connectivity index (χ1n) is 8.08. The molecule has 0 saturated heterocycles. The summed E-state index contributed by atoms with van der Waals surface area (Å²) in [5.41, 5.74) is 3.21. The summed E-state index contributed by atoms with van der Waals surface area (Å²) in [5.74, 6) is 5.31. The summed E-state index contributed by atoms with van der Waals surface area (Å²) in [6.45, 7) is 6.68. The molecule has 1 aromatic carbocycles. The second-order valence-corrected chi connectivity index (χ2v) is 5.94. The zero-order valence-electron chi connectivity index (χ0n) is 14.9. The maximum Gasteiger partial charge on any atom is 0.303 e. The molecular weight excluding hydrogens is 320 g/mol. The fraction of sp³-hybridized carbons (Fsp3) is 0.400. The van der Waals surface area contributed by atoms with Gasteiger partial charge < -0.3 is 14.2 Å². The Bertz CT molecular complexity index is 738. The van der Waals surface area contributed by atoms with Crippen LogP contribution in [0.25, 0.3) is 0 Å². The van der Waals surface area contributed by atoms with E-state index in [2.05, 4.69) is 17.9 Å². The minimum absolute atomic E-state index is 0.000635. The molecule has 0 spiro atoms. The molecule has 5 heteroatoms. The number of benzene rings is 1. The number of esters is 2. The number of ether oxygens (including phenoxy) is 3. The van der Waals surface area contributed by atoms with E-state index in [4.69, 9.17) is 14.2 Å². The molecule has 0 N–H and O–H groups in total. The van der Waals surface area contributed by atoms with Crippen molar-refractivity contribution in [3.8, 4) is 11.8 Å². The molecule has 0 unspecified atom stereocenters. The van der Waals surface area contributed by atoms with Crippen molar-refractivity contribution < 1.29 is 23.8 Å². The Morgan fingerprint density at radius 1 is 1.16 bits per heavy atom. The van der Waals surface area contributed by atoms with Crippen molar-refractivity contribution in [3.05, 3.63) is 47.0 Å². The number of rotatable bonds is 3. The molecule has 0 radical (unpaired) electrons. The standard InChI is InChI=1S/C20H22O5/c1-13-5-6-17(14(2)11-13)7-8-18-9-10-19(24-16(4)22)20(25-18)12-23-15(3)21/h5-6,9-11,18-20H,12H2,1-4H3/t18-,19-,20-/m1/s1. The minimum Gasteiger partial charge on any atom is -0.463 e. The summed E-state index contributed by atoms with van der Waals surface area (Å²) in [7, 11) is 0. The predicted molar refractivity (Wildman–Crippen MR) is 92.8 cm³/mol. The largest absolute Gasteiger partial charge is 0.463 e. The molecule has 0 amide bonds. The van der Waals surface area contributed by atoms with Gasteiger partial charge in [0.25, 0.3) is 0 Å². The Morgan fingerprint density at radius 3 is 2.56 bits per heavy atom. The lowest BCUT2D eigenvalue weighted by Gasteiger charge is -2.29. The van der Waals surface area contributed by atoms with Crippen molar-refractivity contribution in [2.24, 2.45) is 0 Å². The van der Waals surface area contributed by atoms with Crippen LogP contribution in [0.5, 0.6) is 0 Å². The lowest BCUT2D eigenvalue weighted by molar-refractivity contribution is -0.161. The van der Waals surface area contributed by atoms with Gasteiger partial charge in [-0.05, 0) is 37.6 Å². The Hall–Kier alpha value is -2.58. The topological polar surface area (TPSA) is 61.8 Å². The van der Waals surface area contributed by atoms with Crippen LogP contribution in [0.15, 0.2) is 30.4 Å². The highest BCUT2D eigenvalue weighted by Crippen LogP contribution is 2.17. The van der Waals surface area contributed by atoms with Crippen LogP contribution in [0, 0.1) is 25.7 Å². The van der Waals surface area contributed by atoms with Crippen LogP contribution in [0.1, 0.15) is 30.5 Å². The zero-order valence-corrected chi connectivity index (χ0v) is 14.9. The van der Waals surface area contributed by atoms with Crippen LogP contribution < -0.4 is 0 Å². The molecule has 0 aromatic heterocycles. The van der Waals surface area contributed by atoms with Gasteiger partial charge in [-0.25, -0.2) is 0 Å². The summed E-state index contributed by atoms with van der Waals surface area (Å²) >= 11 is 0. The average molecular weight is 342 g/mol. The molecule has 0 aliphatic carbocycles. The molecule has 1 aliphatic heterocycles.